The molecule has 156 valence electrons. The lowest BCUT2D eigenvalue weighted by molar-refractivity contribution is 0.0259. The van der Waals surface area contributed by atoms with E-state index in [1.165, 1.54) is 96.3 Å². The van der Waals surface area contributed by atoms with Gasteiger partial charge >= 0.3 is 0 Å². The lowest BCUT2D eigenvalue weighted by atomic mass is 9.93. The van der Waals surface area contributed by atoms with Crippen molar-refractivity contribution in [3.05, 3.63) is 35.9 Å². The summed E-state index contributed by atoms with van der Waals surface area (Å²) in [5.41, 5.74) is 1.47. The zero-order valence-electron chi connectivity index (χ0n) is 17.5. The summed E-state index contributed by atoms with van der Waals surface area (Å²) in [6, 6.07) is 12.5. The van der Waals surface area contributed by atoms with Gasteiger partial charge < -0.3 is 10.0 Å². The smallest absolute Gasteiger partial charge is 0.0460 e. The van der Waals surface area contributed by atoms with Gasteiger partial charge in [0.15, 0.2) is 0 Å². The van der Waals surface area contributed by atoms with E-state index in [1.54, 1.807) is 0 Å². The Morgan fingerprint density at radius 3 is 2.25 bits per heavy atom. The second-order valence-electron chi connectivity index (χ2n) is 9.26. The molecule has 3 aliphatic rings. The van der Waals surface area contributed by atoms with Crippen LogP contribution in [-0.2, 0) is 6.42 Å². The Balaban J connectivity index is 1.20. The monoisotopic (exact) mass is 385 g/mol. The molecule has 1 unspecified atom stereocenters. The van der Waals surface area contributed by atoms with Crippen LogP contribution in [-0.4, -0.2) is 84.3 Å². The summed E-state index contributed by atoms with van der Waals surface area (Å²) in [6.07, 6.45) is 8.97. The molecule has 4 heteroatoms. The number of likely N-dealkylation sites (tertiary alicyclic amines) is 3. The summed E-state index contributed by atoms with van der Waals surface area (Å²) in [6.45, 7) is 9.09. The van der Waals surface area contributed by atoms with Crippen molar-refractivity contribution in [3.8, 4) is 0 Å². The van der Waals surface area contributed by atoms with Crippen LogP contribution < -0.4 is 0 Å². The van der Waals surface area contributed by atoms with Crippen molar-refractivity contribution in [1.29, 1.82) is 0 Å². The van der Waals surface area contributed by atoms with Gasteiger partial charge in [-0.3, -0.25) is 9.80 Å². The summed E-state index contributed by atoms with van der Waals surface area (Å²) in [4.78, 5) is 8.22. The van der Waals surface area contributed by atoms with E-state index < -0.39 is 0 Å². The van der Waals surface area contributed by atoms with Gasteiger partial charge in [-0.1, -0.05) is 30.3 Å². The van der Waals surface area contributed by atoms with Crippen LogP contribution in [0, 0.1) is 5.92 Å². The fraction of sp³-hybridized carbons (Fsp3) is 0.750. The second-order valence-corrected chi connectivity index (χ2v) is 9.26. The molecule has 3 aliphatic heterocycles. The molecule has 0 amide bonds. The lowest BCUT2D eigenvalue weighted by Crippen LogP contribution is -2.54. The summed E-state index contributed by atoms with van der Waals surface area (Å²) >= 11 is 0. The average Bonchev–Trinajstić information content (AvgIpc) is 2.79. The first-order valence-electron chi connectivity index (χ1n) is 11.7. The highest BCUT2D eigenvalue weighted by Crippen LogP contribution is 2.26. The van der Waals surface area contributed by atoms with Crippen LogP contribution in [0.4, 0.5) is 0 Å². The highest BCUT2D eigenvalue weighted by atomic mass is 16.3. The topological polar surface area (TPSA) is 30.0 Å². The Bertz CT molecular complexity index is 564. The molecule has 0 saturated carbocycles. The van der Waals surface area contributed by atoms with Crippen molar-refractivity contribution in [2.45, 2.75) is 57.0 Å². The maximum Gasteiger partial charge on any atom is 0.0460 e. The largest absolute Gasteiger partial charge is 0.396 e. The number of hydrogen-bond donors (Lipinski definition) is 1. The van der Waals surface area contributed by atoms with Gasteiger partial charge in [0.1, 0.15) is 0 Å². The third-order valence-electron chi connectivity index (χ3n) is 7.48. The number of rotatable bonds is 6. The van der Waals surface area contributed by atoms with Gasteiger partial charge in [-0.05, 0) is 89.2 Å². The second kappa shape index (κ2) is 10.2. The summed E-state index contributed by atoms with van der Waals surface area (Å²) in [5.74, 6) is 0.552. The third kappa shape index (κ3) is 5.35. The van der Waals surface area contributed by atoms with E-state index in [0.717, 1.165) is 12.1 Å². The van der Waals surface area contributed by atoms with Gasteiger partial charge in [0.05, 0.1) is 0 Å². The molecular weight excluding hydrogens is 346 g/mol. The first-order chi connectivity index (χ1) is 13.8. The van der Waals surface area contributed by atoms with Crippen LogP contribution in [0.5, 0.6) is 0 Å². The van der Waals surface area contributed by atoms with Crippen molar-refractivity contribution in [3.63, 3.8) is 0 Å². The SMILES string of the molecule is OCC1CCN(C2CCCN(C3CCN(CCc4ccccc4)CC3)C2)CC1. The minimum absolute atomic E-state index is 0.382. The van der Waals surface area contributed by atoms with E-state index in [1.807, 2.05) is 0 Å². The van der Waals surface area contributed by atoms with Gasteiger partial charge in [0, 0.05) is 31.8 Å². The lowest BCUT2D eigenvalue weighted by Gasteiger charge is -2.46. The number of piperidine rings is 3. The first kappa shape index (κ1) is 20.3. The van der Waals surface area contributed by atoms with Crippen LogP contribution in [0.25, 0.3) is 0 Å². The van der Waals surface area contributed by atoms with Crippen LogP contribution in [0.1, 0.15) is 44.1 Å². The highest BCUT2D eigenvalue weighted by Gasteiger charge is 2.32. The van der Waals surface area contributed by atoms with Crippen LogP contribution in [0.2, 0.25) is 0 Å². The van der Waals surface area contributed by atoms with Crippen LogP contribution >= 0.6 is 0 Å². The van der Waals surface area contributed by atoms with Crippen molar-refractivity contribution in [2.24, 2.45) is 5.92 Å². The molecule has 0 spiro atoms. The molecule has 28 heavy (non-hydrogen) atoms. The van der Waals surface area contributed by atoms with E-state index in [2.05, 4.69) is 45.0 Å². The number of aliphatic hydroxyl groups excluding tert-OH is 1. The normalized spacial score (nSPS) is 27.2. The fourth-order valence-corrected chi connectivity index (χ4v) is 5.55. The van der Waals surface area contributed by atoms with E-state index >= 15 is 0 Å². The summed E-state index contributed by atoms with van der Waals surface area (Å²) in [5, 5.41) is 9.39. The van der Waals surface area contributed by atoms with Crippen molar-refractivity contribution in [2.75, 3.05) is 52.4 Å². The van der Waals surface area contributed by atoms with Gasteiger partial charge in [0.25, 0.3) is 0 Å². The summed E-state index contributed by atoms with van der Waals surface area (Å²) in [7, 11) is 0. The van der Waals surface area contributed by atoms with Gasteiger partial charge in [-0.2, -0.15) is 0 Å². The van der Waals surface area contributed by atoms with Crippen LogP contribution in [0.15, 0.2) is 30.3 Å². The molecule has 4 rings (SSSR count). The molecule has 0 radical (unpaired) electrons. The molecule has 1 aromatic carbocycles. The molecular formula is C24H39N3O. The minimum Gasteiger partial charge on any atom is -0.396 e. The van der Waals surface area contributed by atoms with E-state index in [9.17, 15) is 5.11 Å². The average molecular weight is 386 g/mol. The zero-order valence-corrected chi connectivity index (χ0v) is 17.5. The molecule has 0 aromatic heterocycles. The first-order valence-corrected chi connectivity index (χ1v) is 11.7. The number of benzene rings is 1. The molecule has 1 aromatic rings. The Hall–Kier alpha value is -0.940. The highest BCUT2D eigenvalue weighted by molar-refractivity contribution is 5.14. The Morgan fingerprint density at radius 1 is 0.786 bits per heavy atom. The van der Waals surface area contributed by atoms with Crippen molar-refractivity contribution >= 4 is 0 Å². The van der Waals surface area contributed by atoms with E-state index in [0.29, 0.717) is 12.5 Å². The predicted octanol–water partition coefficient (Wildman–Crippen LogP) is 2.86. The van der Waals surface area contributed by atoms with E-state index in [-0.39, 0.29) is 0 Å². The zero-order chi connectivity index (χ0) is 19.2. The third-order valence-corrected chi connectivity index (χ3v) is 7.48. The van der Waals surface area contributed by atoms with E-state index in [4.69, 9.17) is 0 Å². The van der Waals surface area contributed by atoms with Gasteiger partial charge in [0.2, 0.25) is 0 Å². The molecule has 1 atom stereocenters. The van der Waals surface area contributed by atoms with Crippen molar-refractivity contribution in [1.82, 2.24) is 14.7 Å². The molecule has 3 fully saturated rings. The predicted molar refractivity (Wildman–Crippen MR) is 116 cm³/mol. The Morgan fingerprint density at radius 2 is 1.54 bits per heavy atom. The molecule has 0 bridgehead atoms. The maximum atomic E-state index is 9.39. The maximum absolute atomic E-state index is 9.39. The molecule has 3 heterocycles. The number of nitrogens with zero attached hydrogens (tertiary/aromatic N) is 3. The molecule has 3 saturated heterocycles. The molecule has 1 N–H and O–H groups in total. The van der Waals surface area contributed by atoms with Crippen LogP contribution in [0.3, 0.4) is 0 Å². The van der Waals surface area contributed by atoms with Gasteiger partial charge in [-0.15, -0.1) is 0 Å². The standard InChI is InChI=1S/C24H39N3O/c28-20-22-9-17-26(18-10-22)24-7-4-13-27(19-24)23-11-15-25(16-12-23)14-8-21-5-2-1-3-6-21/h1-3,5-6,22-24,28H,4,7-20H2. The molecule has 4 nitrogen and oxygen atoms in total. The molecule has 0 aliphatic carbocycles. The Kier molecular flexibility index (Phi) is 7.41. The van der Waals surface area contributed by atoms with Crippen molar-refractivity contribution < 1.29 is 5.11 Å². The van der Waals surface area contributed by atoms with Gasteiger partial charge in [-0.25, -0.2) is 0 Å². The minimum atomic E-state index is 0.382. The fourth-order valence-electron chi connectivity index (χ4n) is 5.55. The quantitative estimate of drug-likeness (QED) is 0.816. The summed E-state index contributed by atoms with van der Waals surface area (Å²) < 4.78 is 0. The Labute approximate surface area is 171 Å². The number of hydrogen-bond acceptors (Lipinski definition) is 4. The number of aliphatic hydroxyl groups is 1.